The topological polar surface area (TPSA) is 61.8 Å². The van der Waals surface area contributed by atoms with Gasteiger partial charge in [0.15, 0.2) is 6.10 Å². The molecule has 0 spiro atoms. The highest BCUT2D eigenvalue weighted by Crippen LogP contribution is 2.15. The summed E-state index contributed by atoms with van der Waals surface area (Å²) in [6.45, 7) is 7.78. The number of ether oxygens (including phenoxy) is 3. The fourth-order valence-electron chi connectivity index (χ4n) is 6.04. The minimum absolute atomic E-state index is 0.0943. The molecule has 0 fully saturated rings. The van der Waals surface area contributed by atoms with Crippen LogP contribution in [0.15, 0.2) is 0 Å². The molecule has 46 heavy (non-hydrogen) atoms. The molecule has 0 saturated heterocycles. The van der Waals surface area contributed by atoms with E-state index in [1.165, 1.54) is 154 Å². The van der Waals surface area contributed by atoms with Crippen molar-refractivity contribution in [2.45, 2.75) is 232 Å². The van der Waals surface area contributed by atoms with Gasteiger partial charge in [-0.15, -0.1) is 0 Å². The molecule has 0 saturated carbocycles. The number of carbonyl (C=O) groups is 2. The van der Waals surface area contributed by atoms with Crippen LogP contribution >= 0.6 is 0 Å². The number of rotatable bonds is 38. The van der Waals surface area contributed by atoms with Crippen LogP contribution in [0.5, 0.6) is 0 Å². The van der Waals surface area contributed by atoms with Crippen LogP contribution in [0.3, 0.4) is 0 Å². The Kier molecular flexibility index (Phi) is 37.4. The smallest absolute Gasteiger partial charge is 0.306 e. The zero-order valence-electron chi connectivity index (χ0n) is 31.4. The molecule has 5 nitrogen and oxygen atoms in total. The molecule has 0 aromatic rings. The number of hydrogen-bond acceptors (Lipinski definition) is 5. The van der Waals surface area contributed by atoms with E-state index in [1.807, 2.05) is 0 Å². The highest BCUT2D eigenvalue weighted by atomic mass is 16.6. The van der Waals surface area contributed by atoms with Crippen molar-refractivity contribution in [3.05, 3.63) is 0 Å². The molecule has 0 aliphatic carbocycles. The van der Waals surface area contributed by atoms with E-state index in [-0.39, 0.29) is 18.5 Å². The van der Waals surface area contributed by atoms with Crippen LogP contribution in [-0.2, 0) is 23.8 Å². The minimum Gasteiger partial charge on any atom is -0.462 e. The number of carbonyl (C=O) groups excluding carboxylic acids is 2. The van der Waals surface area contributed by atoms with Gasteiger partial charge in [0.1, 0.15) is 6.61 Å². The predicted octanol–water partition coefficient (Wildman–Crippen LogP) is 13.0. The van der Waals surface area contributed by atoms with Gasteiger partial charge in [0.2, 0.25) is 0 Å². The summed E-state index contributed by atoms with van der Waals surface area (Å²) >= 11 is 0. The lowest BCUT2D eigenvalue weighted by Crippen LogP contribution is -2.30. The number of unbranched alkanes of at least 4 members (excludes halogenated alkanes) is 27. The summed E-state index contributed by atoms with van der Waals surface area (Å²) < 4.78 is 17.1. The third kappa shape index (κ3) is 35.7. The van der Waals surface area contributed by atoms with Crippen LogP contribution < -0.4 is 0 Å². The average Bonchev–Trinajstić information content (AvgIpc) is 3.05. The van der Waals surface area contributed by atoms with E-state index in [1.54, 1.807) is 0 Å². The Balaban J connectivity index is 3.97. The molecule has 0 amide bonds. The SMILES string of the molecule is CCCCCCCCCCCCCCCCCCCC(=O)OCC(COCCCCCCCC)OC(=O)CCCCCCCCC. The Morgan fingerprint density at radius 1 is 0.391 bits per heavy atom. The first-order valence-electron chi connectivity index (χ1n) is 20.6. The van der Waals surface area contributed by atoms with Gasteiger partial charge >= 0.3 is 11.9 Å². The zero-order chi connectivity index (χ0) is 33.6. The van der Waals surface area contributed by atoms with Gasteiger partial charge in [0.25, 0.3) is 0 Å². The highest BCUT2D eigenvalue weighted by Gasteiger charge is 2.17. The summed E-state index contributed by atoms with van der Waals surface area (Å²) in [4.78, 5) is 24.9. The Hall–Kier alpha value is -1.10. The summed E-state index contributed by atoms with van der Waals surface area (Å²) in [7, 11) is 0. The van der Waals surface area contributed by atoms with Crippen molar-refractivity contribution in [1.82, 2.24) is 0 Å². The Morgan fingerprint density at radius 2 is 0.717 bits per heavy atom. The van der Waals surface area contributed by atoms with Crippen LogP contribution in [0.1, 0.15) is 226 Å². The Morgan fingerprint density at radius 3 is 1.11 bits per heavy atom. The van der Waals surface area contributed by atoms with E-state index < -0.39 is 6.10 Å². The average molecular weight is 653 g/mol. The number of esters is 2. The molecule has 0 heterocycles. The van der Waals surface area contributed by atoms with Gasteiger partial charge < -0.3 is 14.2 Å². The molecule has 5 heteroatoms. The lowest BCUT2D eigenvalue weighted by atomic mass is 10.0. The first kappa shape index (κ1) is 44.9. The minimum atomic E-state index is -0.517. The predicted molar refractivity (Wildman–Crippen MR) is 196 cm³/mol. The van der Waals surface area contributed by atoms with Crippen molar-refractivity contribution in [2.75, 3.05) is 19.8 Å². The summed E-state index contributed by atoms with van der Waals surface area (Å²) in [6.07, 6.45) is 38.3. The van der Waals surface area contributed by atoms with Gasteiger partial charge in [-0.1, -0.05) is 194 Å². The van der Waals surface area contributed by atoms with Crippen LogP contribution in [0.2, 0.25) is 0 Å². The summed E-state index contributed by atoms with van der Waals surface area (Å²) in [5, 5.41) is 0. The van der Waals surface area contributed by atoms with Gasteiger partial charge in [-0.2, -0.15) is 0 Å². The van der Waals surface area contributed by atoms with Gasteiger partial charge in [0, 0.05) is 19.4 Å². The second-order valence-corrected chi connectivity index (χ2v) is 13.9. The lowest BCUT2D eigenvalue weighted by Gasteiger charge is -2.18. The molecular formula is C41H80O5. The lowest BCUT2D eigenvalue weighted by molar-refractivity contribution is -0.163. The van der Waals surface area contributed by atoms with Crippen LogP contribution in [-0.4, -0.2) is 37.9 Å². The fraction of sp³-hybridized carbons (Fsp3) is 0.951. The Bertz CT molecular complexity index is 622. The van der Waals surface area contributed by atoms with Gasteiger partial charge in [-0.3, -0.25) is 9.59 Å². The maximum atomic E-state index is 12.5. The third-order valence-electron chi connectivity index (χ3n) is 9.14. The van der Waals surface area contributed by atoms with Crippen LogP contribution in [0.4, 0.5) is 0 Å². The van der Waals surface area contributed by atoms with E-state index >= 15 is 0 Å². The molecule has 0 aliphatic heterocycles. The maximum absolute atomic E-state index is 12.5. The molecule has 0 rings (SSSR count). The second kappa shape index (κ2) is 38.3. The van der Waals surface area contributed by atoms with Crippen molar-refractivity contribution in [3.8, 4) is 0 Å². The van der Waals surface area contributed by atoms with Crippen LogP contribution in [0, 0.1) is 0 Å². The number of hydrogen-bond donors (Lipinski definition) is 0. The van der Waals surface area contributed by atoms with E-state index in [4.69, 9.17) is 14.2 Å². The fourth-order valence-corrected chi connectivity index (χ4v) is 6.04. The Labute approximate surface area is 287 Å². The molecule has 0 aromatic heterocycles. The van der Waals surface area contributed by atoms with Crippen molar-refractivity contribution in [3.63, 3.8) is 0 Å². The molecule has 0 radical (unpaired) electrons. The van der Waals surface area contributed by atoms with E-state index in [2.05, 4.69) is 20.8 Å². The van der Waals surface area contributed by atoms with E-state index in [9.17, 15) is 9.59 Å². The zero-order valence-corrected chi connectivity index (χ0v) is 31.4. The molecular weight excluding hydrogens is 572 g/mol. The normalized spacial score (nSPS) is 12.0. The second-order valence-electron chi connectivity index (χ2n) is 13.9. The van der Waals surface area contributed by atoms with E-state index in [0.29, 0.717) is 26.1 Å². The van der Waals surface area contributed by atoms with Gasteiger partial charge in [-0.05, 0) is 19.3 Å². The summed E-state index contributed by atoms with van der Waals surface area (Å²) in [5.74, 6) is -0.393. The molecule has 1 unspecified atom stereocenters. The summed E-state index contributed by atoms with van der Waals surface area (Å²) in [5.41, 5.74) is 0. The largest absolute Gasteiger partial charge is 0.462 e. The van der Waals surface area contributed by atoms with Gasteiger partial charge in [0.05, 0.1) is 6.61 Å². The molecule has 0 aliphatic rings. The molecule has 0 bridgehead atoms. The quantitative estimate of drug-likeness (QED) is 0.0490. The van der Waals surface area contributed by atoms with Crippen molar-refractivity contribution in [2.24, 2.45) is 0 Å². The van der Waals surface area contributed by atoms with Crippen molar-refractivity contribution < 1.29 is 23.8 Å². The summed E-state index contributed by atoms with van der Waals surface area (Å²) in [6, 6.07) is 0. The van der Waals surface area contributed by atoms with E-state index in [0.717, 1.165) is 38.5 Å². The molecule has 0 N–H and O–H groups in total. The van der Waals surface area contributed by atoms with Crippen LogP contribution in [0.25, 0.3) is 0 Å². The molecule has 1 atom stereocenters. The maximum Gasteiger partial charge on any atom is 0.306 e. The highest BCUT2D eigenvalue weighted by molar-refractivity contribution is 5.70. The molecule has 274 valence electrons. The standard InChI is InChI=1S/C41H80O5/c1-4-7-10-13-16-17-18-19-20-21-22-23-24-25-27-28-31-34-40(42)45-38-39(37-44-36-33-30-15-12-9-6-3)46-41(43)35-32-29-26-14-11-8-5-2/h39H,4-38H2,1-3H3. The first-order valence-corrected chi connectivity index (χ1v) is 20.6. The van der Waals surface area contributed by atoms with Gasteiger partial charge in [-0.25, -0.2) is 0 Å². The van der Waals surface area contributed by atoms with Crippen molar-refractivity contribution in [1.29, 1.82) is 0 Å². The third-order valence-corrected chi connectivity index (χ3v) is 9.14. The molecule has 0 aromatic carbocycles. The first-order chi connectivity index (χ1) is 22.6. The monoisotopic (exact) mass is 653 g/mol. The van der Waals surface area contributed by atoms with Crippen molar-refractivity contribution >= 4 is 11.9 Å².